The maximum Gasteiger partial charge on any atom is 0.244 e. The van der Waals surface area contributed by atoms with Gasteiger partial charge in [0, 0.05) is 25.3 Å². The Balaban J connectivity index is 1.75. The molecule has 0 spiro atoms. The minimum Gasteiger partial charge on any atom is -0.354 e. The lowest BCUT2D eigenvalue weighted by Gasteiger charge is -2.23. The van der Waals surface area contributed by atoms with E-state index in [1.807, 2.05) is 86.6 Å². The number of carbonyl (C=O) groups is 3. The van der Waals surface area contributed by atoms with Gasteiger partial charge in [-0.25, -0.2) is 5.48 Å². The Morgan fingerprint density at radius 2 is 1.53 bits per heavy atom. The Morgan fingerprint density at radius 3 is 2.22 bits per heavy atom. The first-order valence-electron chi connectivity index (χ1n) is 12.4. The van der Waals surface area contributed by atoms with E-state index in [-0.39, 0.29) is 24.2 Å². The number of hydroxylamine groups is 1. The smallest absolute Gasteiger partial charge is 0.244 e. The van der Waals surface area contributed by atoms with Crippen molar-refractivity contribution in [2.24, 2.45) is 11.8 Å². The molecule has 0 heterocycles. The van der Waals surface area contributed by atoms with Crippen LogP contribution in [0, 0.1) is 11.8 Å². The summed E-state index contributed by atoms with van der Waals surface area (Å²) in [5.41, 5.74) is 3.63. The van der Waals surface area contributed by atoms with Crippen molar-refractivity contribution in [3.63, 3.8) is 0 Å². The molecule has 0 saturated heterocycles. The molecule has 0 saturated carbocycles. The molecule has 2 atom stereocenters. The molecule has 190 valence electrons. The van der Waals surface area contributed by atoms with Gasteiger partial charge in [-0.2, -0.15) is 0 Å². The minimum absolute atomic E-state index is 0.154. The molecule has 0 aromatic heterocycles. The van der Waals surface area contributed by atoms with E-state index in [0.717, 1.165) is 21.9 Å². The zero-order valence-corrected chi connectivity index (χ0v) is 20.9. The number of hydrogen-bond acceptors (Lipinski definition) is 4. The summed E-state index contributed by atoms with van der Waals surface area (Å²) < 4.78 is 0. The van der Waals surface area contributed by atoms with Crippen LogP contribution in [0.1, 0.15) is 37.8 Å². The zero-order chi connectivity index (χ0) is 25.9. The van der Waals surface area contributed by atoms with Gasteiger partial charge < -0.3 is 10.6 Å². The first-order valence-corrected chi connectivity index (χ1v) is 12.4. The summed E-state index contributed by atoms with van der Waals surface area (Å²) in [5.74, 6) is -1.79. The number of nitrogens with one attached hydrogen (secondary N) is 3. The van der Waals surface area contributed by atoms with Gasteiger partial charge in [-0.05, 0) is 40.7 Å². The Bertz CT molecular complexity index is 1160. The van der Waals surface area contributed by atoms with Crippen LogP contribution in [0.3, 0.4) is 0 Å². The fraction of sp³-hybridized carbons (Fsp3) is 0.345. The topological polar surface area (TPSA) is 108 Å². The van der Waals surface area contributed by atoms with Gasteiger partial charge in [-0.1, -0.05) is 86.6 Å². The second-order valence-corrected chi connectivity index (χ2v) is 9.54. The molecule has 0 bridgehead atoms. The molecule has 3 amide bonds. The monoisotopic (exact) mass is 489 g/mol. The van der Waals surface area contributed by atoms with E-state index < -0.39 is 17.9 Å². The number of carbonyl (C=O) groups excluding carboxylic acids is 3. The lowest BCUT2D eigenvalue weighted by atomic mass is 9.92. The molecule has 0 radical (unpaired) electrons. The van der Waals surface area contributed by atoms with Crippen molar-refractivity contribution in [3.05, 3.63) is 83.9 Å². The van der Waals surface area contributed by atoms with Crippen molar-refractivity contribution in [3.8, 4) is 0 Å². The summed E-state index contributed by atoms with van der Waals surface area (Å²) in [6, 6.07) is 23.0. The van der Waals surface area contributed by atoms with Gasteiger partial charge in [0.15, 0.2) is 0 Å². The zero-order valence-electron chi connectivity index (χ0n) is 20.9. The third-order valence-electron chi connectivity index (χ3n) is 6.13. The van der Waals surface area contributed by atoms with Gasteiger partial charge in [0.2, 0.25) is 17.7 Å². The average molecular weight is 490 g/mol. The lowest BCUT2D eigenvalue weighted by molar-refractivity contribution is -0.136. The molecular formula is C29H35N3O4. The van der Waals surface area contributed by atoms with Crippen molar-refractivity contribution in [1.29, 1.82) is 0 Å². The second-order valence-electron chi connectivity index (χ2n) is 9.54. The minimum atomic E-state index is -0.804. The highest BCUT2D eigenvalue weighted by Crippen LogP contribution is 2.19. The van der Waals surface area contributed by atoms with Crippen molar-refractivity contribution >= 4 is 28.5 Å². The predicted molar refractivity (Wildman–Crippen MR) is 140 cm³/mol. The van der Waals surface area contributed by atoms with E-state index in [4.69, 9.17) is 5.21 Å². The summed E-state index contributed by atoms with van der Waals surface area (Å²) in [7, 11) is 0. The largest absolute Gasteiger partial charge is 0.354 e. The van der Waals surface area contributed by atoms with E-state index in [2.05, 4.69) is 10.6 Å². The first kappa shape index (κ1) is 26.9. The number of amides is 3. The Hall–Kier alpha value is -3.71. The summed E-state index contributed by atoms with van der Waals surface area (Å²) in [6.07, 6.45) is 1.29. The molecule has 36 heavy (non-hydrogen) atoms. The van der Waals surface area contributed by atoms with E-state index in [1.165, 1.54) is 0 Å². The van der Waals surface area contributed by atoms with Gasteiger partial charge in [0.05, 0.1) is 0 Å². The number of benzene rings is 3. The van der Waals surface area contributed by atoms with Crippen LogP contribution in [0.15, 0.2) is 72.8 Å². The molecule has 4 N–H and O–H groups in total. The third kappa shape index (κ3) is 8.20. The molecule has 0 aliphatic carbocycles. The molecule has 7 heteroatoms. The van der Waals surface area contributed by atoms with Gasteiger partial charge in [0.25, 0.3) is 0 Å². The van der Waals surface area contributed by atoms with Crippen molar-refractivity contribution in [2.45, 2.75) is 45.6 Å². The van der Waals surface area contributed by atoms with Crippen LogP contribution in [-0.2, 0) is 27.2 Å². The van der Waals surface area contributed by atoms with Crippen LogP contribution >= 0.6 is 0 Å². The molecule has 3 aromatic rings. The standard InChI is InChI=1S/C29H35N3O4/c1-20(2)16-25(19-27(33)32-36)28(34)31-26(29(35)30-15-14-21-8-4-3-5-9-21)18-22-12-13-23-10-6-7-11-24(23)17-22/h3-13,17,20,25-26,36H,14-16,18-19H2,1-2H3,(H,30,35)(H,31,34)(H,32,33)/t25?,26-/m0/s1. The highest BCUT2D eigenvalue weighted by molar-refractivity contribution is 5.91. The van der Waals surface area contributed by atoms with Gasteiger partial charge in [-0.3, -0.25) is 19.6 Å². The molecule has 0 fully saturated rings. The SMILES string of the molecule is CC(C)CC(CC(=O)NO)C(=O)N[C@@H](Cc1ccc2ccccc2c1)C(=O)NCCc1ccccc1. The Labute approximate surface area is 212 Å². The van der Waals surface area contributed by atoms with Crippen molar-refractivity contribution < 1.29 is 19.6 Å². The molecule has 0 aliphatic rings. The average Bonchev–Trinajstić information content (AvgIpc) is 2.88. The molecule has 3 aromatic carbocycles. The van der Waals surface area contributed by atoms with Gasteiger partial charge >= 0.3 is 0 Å². The van der Waals surface area contributed by atoms with E-state index >= 15 is 0 Å². The van der Waals surface area contributed by atoms with Gasteiger partial charge in [-0.15, -0.1) is 0 Å². The fourth-order valence-corrected chi connectivity index (χ4v) is 4.32. The Morgan fingerprint density at radius 1 is 0.833 bits per heavy atom. The summed E-state index contributed by atoms with van der Waals surface area (Å²) in [5, 5.41) is 16.9. The van der Waals surface area contributed by atoms with Crippen LogP contribution in [0.5, 0.6) is 0 Å². The molecular weight excluding hydrogens is 454 g/mol. The molecule has 7 nitrogen and oxygen atoms in total. The van der Waals surface area contributed by atoms with Crippen LogP contribution in [-0.4, -0.2) is 35.5 Å². The maximum atomic E-state index is 13.2. The van der Waals surface area contributed by atoms with Crippen LogP contribution in [0.2, 0.25) is 0 Å². The van der Waals surface area contributed by atoms with Crippen molar-refractivity contribution in [1.82, 2.24) is 16.1 Å². The lowest BCUT2D eigenvalue weighted by Crippen LogP contribution is -2.50. The maximum absolute atomic E-state index is 13.2. The number of fused-ring (bicyclic) bond motifs is 1. The molecule has 1 unspecified atom stereocenters. The normalized spacial score (nSPS) is 12.7. The second kappa shape index (κ2) is 13.4. The predicted octanol–water partition coefficient (Wildman–Crippen LogP) is 3.78. The van der Waals surface area contributed by atoms with Crippen molar-refractivity contribution in [2.75, 3.05) is 6.54 Å². The van der Waals surface area contributed by atoms with Crippen LogP contribution in [0.25, 0.3) is 10.8 Å². The highest BCUT2D eigenvalue weighted by Gasteiger charge is 2.28. The van der Waals surface area contributed by atoms with E-state index in [0.29, 0.717) is 25.8 Å². The molecule has 0 aliphatic heterocycles. The number of rotatable bonds is 12. The summed E-state index contributed by atoms with van der Waals surface area (Å²) in [4.78, 5) is 38.2. The quantitative estimate of drug-likeness (QED) is 0.229. The fourth-order valence-electron chi connectivity index (χ4n) is 4.32. The molecule has 3 rings (SSSR count). The van der Waals surface area contributed by atoms with Crippen LogP contribution in [0.4, 0.5) is 0 Å². The first-order chi connectivity index (χ1) is 17.4. The summed E-state index contributed by atoms with van der Waals surface area (Å²) >= 11 is 0. The summed E-state index contributed by atoms with van der Waals surface area (Å²) in [6.45, 7) is 4.36. The third-order valence-corrected chi connectivity index (χ3v) is 6.13. The van der Waals surface area contributed by atoms with E-state index in [1.54, 1.807) is 5.48 Å². The number of hydrogen-bond donors (Lipinski definition) is 4. The van der Waals surface area contributed by atoms with Gasteiger partial charge in [0.1, 0.15) is 6.04 Å². The highest BCUT2D eigenvalue weighted by atomic mass is 16.5. The van der Waals surface area contributed by atoms with E-state index in [9.17, 15) is 14.4 Å². The van der Waals surface area contributed by atoms with Crippen LogP contribution < -0.4 is 16.1 Å². The Kier molecular flexibility index (Phi) is 10.0.